The molecule has 2 N–H and O–H groups in total. The second kappa shape index (κ2) is 7.84. The number of methoxy groups -OCH3 is 1. The van der Waals surface area contributed by atoms with Crippen molar-refractivity contribution in [3.63, 3.8) is 0 Å². The Kier molecular flexibility index (Phi) is 5.81. The van der Waals surface area contributed by atoms with Crippen molar-refractivity contribution < 1.29 is 31.9 Å². The highest BCUT2D eigenvalue weighted by molar-refractivity contribution is 6.39. The third kappa shape index (κ3) is 4.83. The van der Waals surface area contributed by atoms with Gasteiger partial charge in [-0.3, -0.25) is 9.59 Å². The number of alkyl halides is 3. The number of carbonyl (C=O) groups is 2. The number of furan rings is 1. The second-order valence-electron chi connectivity index (χ2n) is 4.95. The maximum absolute atomic E-state index is 12.9. The molecule has 0 aliphatic carbocycles. The van der Waals surface area contributed by atoms with Gasteiger partial charge in [-0.2, -0.15) is 13.2 Å². The highest BCUT2D eigenvalue weighted by Crippen LogP contribution is 2.34. The van der Waals surface area contributed by atoms with Crippen LogP contribution < -0.4 is 10.6 Å². The molecule has 1 aromatic heterocycles. The minimum Gasteiger partial charge on any atom is -0.467 e. The van der Waals surface area contributed by atoms with Gasteiger partial charge in [-0.1, -0.05) is 12.1 Å². The van der Waals surface area contributed by atoms with Crippen molar-refractivity contribution in [3.8, 4) is 0 Å². The van der Waals surface area contributed by atoms with Gasteiger partial charge in [-0.05, 0) is 24.3 Å². The molecule has 1 atom stereocenters. The maximum atomic E-state index is 12.9. The third-order valence-electron chi connectivity index (χ3n) is 3.28. The van der Waals surface area contributed by atoms with E-state index in [-0.39, 0.29) is 6.54 Å². The van der Waals surface area contributed by atoms with Crippen molar-refractivity contribution in [2.24, 2.45) is 0 Å². The van der Waals surface area contributed by atoms with Gasteiger partial charge in [0.15, 0.2) is 0 Å². The fourth-order valence-electron chi connectivity index (χ4n) is 2.06. The maximum Gasteiger partial charge on any atom is 0.418 e. The number of carbonyl (C=O) groups excluding carboxylic acids is 2. The number of ether oxygens (including phenoxy) is 1. The van der Waals surface area contributed by atoms with Gasteiger partial charge in [0.25, 0.3) is 0 Å². The van der Waals surface area contributed by atoms with Crippen molar-refractivity contribution in [1.82, 2.24) is 5.32 Å². The molecule has 0 aliphatic heterocycles. The first kappa shape index (κ1) is 18.5. The van der Waals surface area contributed by atoms with Crippen molar-refractivity contribution in [2.45, 2.75) is 12.3 Å². The van der Waals surface area contributed by atoms with E-state index in [1.807, 2.05) is 5.32 Å². The molecule has 2 aromatic rings. The molecule has 0 radical (unpaired) electrons. The molecule has 9 heteroatoms. The minimum absolute atomic E-state index is 0.0861. The summed E-state index contributed by atoms with van der Waals surface area (Å²) >= 11 is 0. The van der Waals surface area contributed by atoms with Crippen LogP contribution >= 0.6 is 0 Å². The van der Waals surface area contributed by atoms with Crippen LogP contribution in [0.2, 0.25) is 0 Å². The first-order valence-electron chi connectivity index (χ1n) is 7.14. The Morgan fingerprint density at radius 1 is 1.16 bits per heavy atom. The van der Waals surface area contributed by atoms with Gasteiger partial charge in [0.1, 0.15) is 11.9 Å². The molecule has 0 saturated heterocycles. The van der Waals surface area contributed by atoms with Gasteiger partial charge in [-0.25, -0.2) is 0 Å². The number of anilines is 1. The SMILES string of the molecule is CO[C@@H](CNC(=O)C(=O)Nc1ccccc1C(F)(F)F)c1ccco1. The van der Waals surface area contributed by atoms with Crippen LogP contribution in [-0.4, -0.2) is 25.5 Å². The molecular formula is C16H15F3N2O4. The average molecular weight is 356 g/mol. The van der Waals surface area contributed by atoms with Gasteiger partial charge in [0, 0.05) is 7.11 Å². The highest BCUT2D eigenvalue weighted by atomic mass is 19.4. The van der Waals surface area contributed by atoms with Gasteiger partial charge in [0.2, 0.25) is 0 Å². The number of hydrogen-bond acceptors (Lipinski definition) is 4. The number of amides is 2. The van der Waals surface area contributed by atoms with Crippen molar-refractivity contribution >= 4 is 17.5 Å². The molecule has 25 heavy (non-hydrogen) atoms. The summed E-state index contributed by atoms with van der Waals surface area (Å²) in [4.78, 5) is 23.6. The van der Waals surface area contributed by atoms with Crippen LogP contribution in [0.4, 0.5) is 18.9 Å². The third-order valence-corrected chi connectivity index (χ3v) is 3.28. The molecule has 134 valence electrons. The highest BCUT2D eigenvalue weighted by Gasteiger charge is 2.34. The molecular weight excluding hydrogens is 341 g/mol. The summed E-state index contributed by atoms with van der Waals surface area (Å²) in [6.45, 7) is -0.0861. The quantitative estimate of drug-likeness (QED) is 0.808. The van der Waals surface area contributed by atoms with E-state index in [0.29, 0.717) is 5.76 Å². The van der Waals surface area contributed by atoms with E-state index >= 15 is 0 Å². The number of hydrogen-bond donors (Lipinski definition) is 2. The lowest BCUT2D eigenvalue weighted by molar-refractivity contribution is -0.138. The lowest BCUT2D eigenvalue weighted by atomic mass is 10.1. The lowest BCUT2D eigenvalue weighted by Crippen LogP contribution is -2.38. The van der Waals surface area contributed by atoms with Crippen LogP contribution in [0.5, 0.6) is 0 Å². The molecule has 0 fully saturated rings. The largest absolute Gasteiger partial charge is 0.467 e. The van der Waals surface area contributed by atoms with E-state index in [0.717, 1.165) is 12.1 Å². The number of halogens is 3. The smallest absolute Gasteiger partial charge is 0.418 e. The van der Waals surface area contributed by atoms with Crippen LogP contribution in [0, 0.1) is 0 Å². The molecule has 2 rings (SSSR count). The molecule has 0 unspecified atom stereocenters. The Hall–Kier alpha value is -2.81. The summed E-state index contributed by atoms with van der Waals surface area (Å²) in [5.74, 6) is -1.87. The summed E-state index contributed by atoms with van der Waals surface area (Å²) in [7, 11) is 1.39. The lowest BCUT2D eigenvalue weighted by Gasteiger charge is -2.15. The number of nitrogens with one attached hydrogen (secondary N) is 2. The Bertz CT molecular complexity index is 729. The Morgan fingerprint density at radius 2 is 1.88 bits per heavy atom. The van der Waals surface area contributed by atoms with E-state index in [9.17, 15) is 22.8 Å². The second-order valence-corrected chi connectivity index (χ2v) is 4.95. The number of benzene rings is 1. The van der Waals surface area contributed by atoms with Gasteiger partial charge >= 0.3 is 18.0 Å². The first-order valence-corrected chi connectivity index (χ1v) is 7.14. The minimum atomic E-state index is -4.65. The summed E-state index contributed by atoms with van der Waals surface area (Å²) in [5.41, 5.74) is -1.54. The number of rotatable bonds is 5. The van der Waals surface area contributed by atoms with Crippen LogP contribution in [0.15, 0.2) is 47.1 Å². The normalized spacial score (nSPS) is 12.5. The predicted octanol–water partition coefficient (Wildman–Crippen LogP) is 2.74. The Morgan fingerprint density at radius 3 is 2.48 bits per heavy atom. The summed E-state index contributed by atoms with van der Waals surface area (Å²) < 4.78 is 48.9. The van der Waals surface area contributed by atoms with Crippen molar-refractivity contribution in [3.05, 3.63) is 54.0 Å². The van der Waals surface area contributed by atoms with Gasteiger partial charge < -0.3 is 19.8 Å². The van der Waals surface area contributed by atoms with Gasteiger partial charge in [0.05, 0.1) is 24.1 Å². The van der Waals surface area contributed by atoms with Crippen LogP contribution in [0.25, 0.3) is 0 Å². The topological polar surface area (TPSA) is 80.6 Å². The van der Waals surface area contributed by atoms with E-state index in [1.165, 1.54) is 25.5 Å². The summed E-state index contributed by atoms with van der Waals surface area (Å²) in [6.07, 6.45) is -3.86. The zero-order valence-electron chi connectivity index (χ0n) is 13.1. The Labute approximate surface area is 141 Å². The van der Waals surface area contributed by atoms with E-state index in [2.05, 4.69) is 5.32 Å². The average Bonchev–Trinajstić information content (AvgIpc) is 3.09. The molecule has 1 aromatic carbocycles. The fraction of sp³-hybridized carbons (Fsp3) is 0.250. The molecule has 6 nitrogen and oxygen atoms in total. The van der Waals surface area contributed by atoms with E-state index in [1.54, 1.807) is 12.1 Å². The molecule has 1 heterocycles. The monoisotopic (exact) mass is 356 g/mol. The van der Waals surface area contributed by atoms with Crippen molar-refractivity contribution in [1.29, 1.82) is 0 Å². The van der Waals surface area contributed by atoms with Crippen molar-refractivity contribution in [2.75, 3.05) is 19.0 Å². The molecule has 0 aliphatic rings. The summed E-state index contributed by atoms with van der Waals surface area (Å²) in [6, 6.07) is 7.63. The number of para-hydroxylation sites is 1. The van der Waals surface area contributed by atoms with Crippen LogP contribution in [0.1, 0.15) is 17.4 Å². The molecule has 2 amide bonds. The molecule has 0 saturated carbocycles. The predicted molar refractivity (Wildman–Crippen MR) is 81.5 cm³/mol. The van der Waals surface area contributed by atoms with Crippen LogP contribution in [0.3, 0.4) is 0 Å². The zero-order chi connectivity index (χ0) is 18.4. The molecule has 0 bridgehead atoms. The standard InChI is InChI=1S/C16H15F3N2O4/c1-24-13(12-7-4-8-25-12)9-20-14(22)15(23)21-11-6-3-2-5-10(11)16(17,18)19/h2-8,13H,9H2,1H3,(H,20,22)(H,21,23)/t13-/m0/s1. The van der Waals surface area contributed by atoms with Crippen LogP contribution in [-0.2, 0) is 20.5 Å². The van der Waals surface area contributed by atoms with Gasteiger partial charge in [-0.15, -0.1) is 0 Å². The van der Waals surface area contributed by atoms with E-state index < -0.39 is 35.3 Å². The fourth-order valence-corrected chi connectivity index (χ4v) is 2.06. The first-order chi connectivity index (χ1) is 11.8. The Balaban J connectivity index is 1.98. The summed E-state index contributed by atoms with van der Waals surface area (Å²) in [5, 5.41) is 4.24. The molecule has 0 spiro atoms. The van der Waals surface area contributed by atoms with E-state index in [4.69, 9.17) is 9.15 Å². The zero-order valence-corrected chi connectivity index (χ0v) is 13.1.